The maximum absolute atomic E-state index is 13.5. The van der Waals surface area contributed by atoms with Crippen LogP contribution in [0.2, 0.25) is 0 Å². The highest BCUT2D eigenvalue weighted by molar-refractivity contribution is 7.09. The Morgan fingerprint density at radius 1 is 1.41 bits per heavy atom. The highest BCUT2D eigenvalue weighted by atomic mass is 32.1. The van der Waals surface area contributed by atoms with Crippen LogP contribution in [0.1, 0.15) is 29.2 Å². The first-order chi connectivity index (χ1) is 8.16. The van der Waals surface area contributed by atoms with Gasteiger partial charge in [0.2, 0.25) is 0 Å². The average Bonchev–Trinajstić information content (AvgIpc) is 2.73. The van der Waals surface area contributed by atoms with Gasteiger partial charge < -0.3 is 5.32 Å². The average molecular weight is 250 g/mol. The van der Waals surface area contributed by atoms with E-state index in [1.807, 2.05) is 25.3 Å². The molecule has 0 radical (unpaired) electrons. The minimum absolute atomic E-state index is 0.0155. The van der Waals surface area contributed by atoms with E-state index in [2.05, 4.69) is 10.3 Å². The van der Waals surface area contributed by atoms with Crippen molar-refractivity contribution < 1.29 is 4.39 Å². The molecule has 0 fully saturated rings. The van der Waals surface area contributed by atoms with Gasteiger partial charge in [0.25, 0.3) is 0 Å². The predicted molar refractivity (Wildman–Crippen MR) is 68.5 cm³/mol. The van der Waals surface area contributed by atoms with E-state index in [4.69, 9.17) is 0 Å². The summed E-state index contributed by atoms with van der Waals surface area (Å²) < 4.78 is 13.5. The second-order valence-electron chi connectivity index (χ2n) is 3.98. The molecule has 1 aromatic heterocycles. The third-order valence-electron chi connectivity index (χ3n) is 2.63. The summed E-state index contributed by atoms with van der Waals surface area (Å²) in [4.78, 5) is 4.36. The number of nitrogens with zero attached hydrogens (tertiary/aromatic N) is 1. The van der Waals surface area contributed by atoms with Crippen LogP contribution in [0.3, 0.4) is 0 Å². The van der Waals surface area contributed by atoms with Crippen molar-refractivity contribution >= 4 is 11.3 Å². The number of aromatic nitrogens is 1. The van der Waals surface area contributed by atoms with Crippen LogP contribution in [0.15, 0.2) is 29.6 Å². The van der Waals surface area contributed by atoms with Gasteiger partial charge in [0.05, 0.1) is 10.7 Å². The molecule has 0 aliphatic heterocycles. The third kappa shape index (κ3) is 3.11. The summed E-state index contributed by atoms with van der Waals surface area (Å²) in [5.41, 5.74) is 1.70. The van der Waals surface area contributed by atoms with Crippen molar-refractivity contribution in [3.8, 4) is 0 Å². The van der Waals surface area contributed by atoms with E-state index in [1.54, 1.807) is 23.5 Å². The zero-order chi connectivity index (χ0) is 12.3. The molecular weight excluding hydrogens is 235 g/mol. The van der Waals surface area contributed by atoms with Crippen LogP contribution in [-0.4, -0.2) is 4.98 Å². The van der Waals surface area contributed by atoms with Crippen molar-refractivity contribution in [1.82, 2.24) is 10.3 Å². The van der Waals surface area contributed by atoms with Gasteiger partial charge in [-0.2, -0.15) is 0 Å². The number of halogens is 1. The maximum atomic E-state index is 13.5. The molecule has 2 nitrogen and oxygen atoms in total. The van der Waals surface area contributed by atoms with E-state index in [1.165, 1.54) is 6.07 Å². The molecule has 1 unspecified atom stereocenters. The molecule has 0 bridgehead atoms. The standard InChI is InChI=1S/C13H15FN2S/c1-9(12-5-3-4-6-13(12)14)15-7-11-8-17-10(2)16-11/h3-6,8-9,15H,7H2,1-2H3. The van der Waals surface area contributed by atoms with Gasteiger partial charge in [0.15, 0.2) is 0 Å². The lowest BCUT2D eigenvalue weighted by Crippen LogP contribution is -2.19. The van der Waals surface area contributed by atoms with Crippen LogP contribution in [0.25, 0.3) is 0 Å². The molecular formula is C13H15FN2S. The Labute approximate surface area is 105 Å². The number of benzene rings is 1. The number of thiazole rings is 1. The molecule has 90 valence electrons. The van der Waals surface area contributed by atoms with Crippen molar-refractivity contribution in [2.24, 2.45) is 0 Å². The van der Waals surface area contributed by atoms with Crippen molar-refractivity contribution in [1.29, 1.82) is 0 Å². The van der Waals surface area contributed by atoms with Crippen LogP contribution in [0.5, 0.6) is 0 Å². The number of rotatable bonds is 4. The van der Waals surface area contributed by atoms with E-state index in [-0.39, 0.29) is 11.9 Å². The highest BCUT2D eigenvalue weighted by Crippen LogP contribution is 2.17. The lowest BCUT2D eigenvalue weighted by atomic mass is 10.1. The van der Waals surface area contributed by atoms with E-state index in [0.29, 0.717) is 12.1 Å². The SMILES string of the molecule is Cc1nc(CNC(C)c2ccccc2F)cs1. The minimum Gasteiger partial charge on any atom is -0.304 e. The van der Waals surface area contributed by atoms with Gasteiger partial charge in [-0.05, 0) is 19.9 Å². The zero-order valence-corrected chi connectivity index (χ0v) is 10.7. The van der Waals surface area contributed by atoms with Gasteiger partial charge >= 0.3 is 0 Å². The van der Waals surface area contributed by atoms with Crippen LogP contribution < -0.4 is 5.32 Å². The van der Waals surface area contributed by atoms with Crippen LogP contribution in [0.4, 0.5) is 4.39 Å². The fourth-order valence-electron chi connectivity index (χ4n) is 1.68. The van der Waals surface area contributed by atoms with E-state index < -0.39 is 0 Å². The Morgan fingerprint density at radius 3 is 2.82 bits per heavy atom. The Bertz CT molecular complexity index is 496. The molecule has 2 aromatic rings. The summed E-state index contributed by atoms with van der Waals surface area (Å²) in [6, 6.07) is 6.83. The van der Waals surface area contributed by atoms with Crippen LogP contribution >= 0.6 is 11.3 Å². The largest absolute Gasteiger partial charge is 0.304 e. The molecule has 1 N–H and O–H groups in total. The molecule has 2 rings (SSSR count). The van der Waals surface area contributed by atoms with Crippen molar-refractivity contribution in [2.75, 3.05) is 0 Å². The van der Waals surface area contributed by atoms with E-state index in [9.17, 15) is 4.39 Å². The quantitative estimate of drug-likeness (QED) is 0.899. The van der Waals surface area contributed by atoms with Gasteiger partial charge in [0, 0.05) is 23.5 Å². The third-order valence-corrected chi connectivity index (χ3v) is 3.45. The smallest absolute Gasteiger partial charge is 0.127 e. The molecule has 1 atom stereocenters. The second kappa shape index (κ2) is 5.38. The Morgan fingerprint density at radius 2 is 2.18 bits per heavy atom. The molecule has 0 amide bonds. The molecule has 1 aromatic carbocycles. The normalized spacial score (nSPS) is 12.6. The topological polar surface area (TPSA) is 24.9 Å². The first kappa shape index (κ1) is 12.2. The molecule has 17 heavy (non-hydrogen) atoms. The van der Waals surface area contributed by atoms with Gasteiger partial charge in [-0.25, -0.2) is 9.37 Å². The zero-order valence-electron chi connectivity index (χ0n) is 9.90. The number of hydrogen-bond donors (Lipinski definition) is 1. The summed E-state index contributed by atoms with van der Waals surface area (Å²) in [7, 11) is 0. The summed E-state index contributed by atoms with van der Waals surface area (Å²) in [5.74, 6) is -0.165. The summed E-state index contributed by atoms with van der Waals surface area (Å²) in [6.07, 6.45) is 0. The fraction of sp³-hybridized carbons (Fsp3) is 0.308. The summed E-state index contributed by atoms with van der Waals surface area (Å²) >= 11 is 1.63. The Kier molecular flexibility index (Phi) is 3.86. The lowest BCUT2D eigenvalue weighted by Gasteiger charge is -2.13. The summed E-state index contributed by atoms with van der Waals surface area (Å²) in [5, 5.41) is 6.35. The van der Waals surface area contributed by atoms with Crippen LogP contribution in [0, 0.1) is 12.7 Å². The van der Waals surface area contributed by atoms with Gasteiger partial charge in [-0.3, -0.25) is 0 Å². The molecule has 0 saturated carbocycles. The predicted octanol–water partition coefficient (Wildman–Crippen LogP) is 3.44. The van der Waals surface area contributed by atoms with Crippen molar-refractivity contribution in [3.63, 3.8) is 0 Å². The second-order valence-corrected chi connectivity index (χ2v) is 5.04. The van der Waals surface area contributed by atoms with Gasteiger partial charge in [-0.1, -0.05) is 18.2 Å². The molecule has 1 heterocycles. The minimum atomic E-state index is -0.165. The number of hydrogen-bond acceptors (Lipinski definition) is 3. The molecule has 0 spiro atoms. The fourth-order valence-corrected chi connectivity index (χ4v) is 2.30. The highest BCUT2D eigenvalue weighted by Gasteiger charge is 2.09. The molecule has 0 aliphatic carbocycles. The van der Waals surface area contributed by atoms with Gasteiger partial charge in [-0.15, -0.1) is 11.3 Å². The first-order valence-electron chi connectivity index (χ1n) is 5.55. The Hall–Kier alpha value is -1.26. The maximum Gasteiger partial charge on any atom is 0.127 e. The molecule has 0 aliphatic rings. The van der Waals surface area contributed by atoms with Gasteiger partial charge in [0.1, 0.15) is 5.82 Å². The van der Waals surface area contributed by atoms with Crippen LogP contribution in [-0.2, 0) is 6.54 Å². The van der Waals surface area contributed by atoms with Crippen molar-refractivity contribution in [2.45, 2.75) is 26.4 Å². The molecule has 4 heteroatoms. The van der Waals surface area contributed by atoms with E-state index >= 15 is 0 Å². The van der Waals surface area contributed by atoms with Crippen molar-refractivity contribution in [3.05, 3.63) is 51.7 Å². The van der Waals surface area contributed by atoms with E-state index in [0.717, 1.165) is 10.7 Å². The number of aryl methyl sites for hydroxylation is 1. The monoisotopic (exact) mass is 250 g/mol. The first-order valence-corrected chi connectivity index (χ1v) is 6.43. The Balaban J connectivity index is 1.98. The summed E-state index contributed by atoms with van der Waals surface area (Å²) in [6.45, 7) is 4.60. The lowest BCUT2D eigenvalue weighted by molar-refractivity contribution is 0.525. The number of nitrogens with one attached hydrogen (secondary N) is 1. The molecule has 0 saturated heterocycles.